The molecule has 0 aliphatic heterocycles. The number of phenols is 2. The van der Waals surface area contributed by atoms with Crippen molar-refractivity contribution in [3.8, 4) is 33.8 Å². The number of benzene rings is 3. The third kappa shape index (κ3) is 2.24. The Morgan fingerprint density at radius 2 is 1.30 bits per heavy atom. The second-order valence-corrected chi connectivity index (χ2v) is 4.62. The minimum absolute atomic E-state index is 0.213. The number of hydrogen-bond acceptors (Lipinski definition) is 2. The summed E-state index contributed by atoms with van der Waals surface area (Å²) in [6.45, 7) is 0. The van der Waals surface area contributed by atoms with Gasteiger partial charge in [-0.05, 0) is 34.9 Å². The van der Waals surface area contributed by atoms with E-state index in [-0.39, 0.29) is 11.5 Å². The summed E-state index contributed by atoms with van der Waals surface area (Å²) in [5.41, 5.74) is 3.49. The van der Waals surface area contributed by atoms with Crippen LogP contribution >= 0.6 is 0 Å². The fourth-order valence-corrected chi connectivity index (χ4v) is 2.36. The molecule has 0 fully saturated rings. The summed E-state index contributed by atoms with van der Waals surface area (Å²) in [4.78, 5) is 0. The van der Waals surface area contributed by atoms with Crippen molar-refractivity contribution in [3.63, 3.8) is 0 Å². The van der Waals surface area contributed by atoms with Crippen LogP contribution in [0, 0.1) is 0 Å². The molecule has 3 rings (SSSR count). The van der Waals surface area contributed by atoms with Crippen molar-refractivity contribution in [3.05, 3.63) is 72.8 Å². The molecule has 2 N–H and O–H groups in total. The molecule has 98 valence electrons. The van der Waals surface area contributed by atoms with Gasteiger partial charge >= 0.3 is 0 Å². The Bertz CT molecular complexity index is 733. The lowest BCUT2D eigenvalue weighted by Crippen LogP contribution is -1.86. The average molecular weight is 262 g/mol. The van der Waals surface area contributed by atoms with Crippen LogP contribution in [0.25, 0.3) is 22.3 Å². The summed E-state index contributed by atoms with van der Waals surface area (Å²) in [7, 11) is 0. The molecule has 0 radical (unpaired) electrons. The third-order valence-corrected chi connectivity index (χ3v) is 3.26. The molecule has 20 heavy (non-hydrogen) atoms. The Balaban J connectivity index is 2.25. The van der Waals surface area contributed by atoms with Gasteiger partial charge in [0, 0.05) is 5.56 Å². The predicted octanol–water partition coefficient (Wildman–Crippen LogP) is 4.43. The van der Waals surface area contributed by atoms with E-state index in [1.807, 2.05) is 42.5 Å². The Hall–Kier alpha value is -2.74. The lowest BCUT2D eigenvalue weighted by atomic mass is 9.94. The standard InChI is InChI=1S/C18H14O2/c19-15-9-4-8-14(12-15)16-10-5-11-17(20)18(16)13-6-2-1-3-7-13/h1-12,19-20H. The summed E-state index contributed by atoms with van der Waals surface area (Å²) in [5.74, 6) is 0.446. The summed E-state index contributed by atoms with van der Waals surface area (Å²) < 4.78 is 0. The predicted molar refractivity (Wildman–Crippen MR) is 80.6 cm³/mol. The highest BCUT2D eigenvalue weighted by Gasteiger charge is 2.11. The van der Waals surface area contributed by atoms with E-state index in [1.54, 1.807) is 30.3 Å². The SMILES string of the molecule is Oc1cccc(-c2cccc(O)c2-c2ccccc2)c1. The molecule has 0 aromatic heterocycles. The summed E-state index contributed by atoms with van der Waals surface area (Å²) in [6, 6.07) is 22.2. The Morgan fingerprint density at radius 3 is 2.05 bits per heavy atom. The van der Waals surface area contributed by atoms with Gasteiger partial charge in [0.1, 0.15) is 11.5 Å². The minimum Gasteiger partial charge on any atom is -0.508 e. The molecule has 3 aromatic rings. The topological polar surface area (TPSA) is 40.5 Å². The number of aromatic hydroxyl groups is 2. The molecular weight excluding hydrogens is 248 g/mol. The Morgan fingerprint density at radius 1 is 0.600 bits per heavy atom. The van der Waals surface area contributed by atoms with E-state index in [9.17, 15) is 10.2 Å². The molecule has 3 aromatic carbocycles. The first-order chi connectivity index (χ1) is 9.75. The maximum Gasteiger partial charge on any atom is 0.124 e. The first kappa shape index (κ1) is 12.3. The van der Waals surface area contributed by atoms with Crippen molar-refractivity contribution in [2.24, 2.45) is 0 Å². The van der Waals surface area contributed by atoms with Crippen molar-refractivity contribution in [1.29, 1.82) is 0 Å². The van der Waals surface area contributed by atoms with E-state index in [0.717, 1.165) is 22.3 Å². The maximum absolute atomic E-state index is 10.2. The van der Waals surface area contributed by atoms with E-state index >= 15 is 0 Å². The molecule has 2 heteroatoms. The molecule has 0 saturated heterocycles. The molecule has 0 spiro atoms. The molecule has 2 nitrogen and oxygen atoms in total. The van der Waals surface area contributed by atoms with Crippen LogP contribution in [-0.2, 0) is 0 Å². The largest absolute Gasteiger partial charge is 0.508 e. The zero-order valence-corrected chi connectivity index (χ0v) is 10.8. The van der Waals surface area contributed by atoms with E-state index in [0.29, 0.717) is 0 Å². The fourth-order valence-electron chi connectivity index (χ4n) is 2.36. The summed E-state index contributed by atoms with van der Waals surface area (Å²) >= 11 is 0. The first-order valence-electron chi connectivity index (χ1n) is 6.42. The number of rotatable bonds is 2. The lowest BCUT2D eigenvalue weighted by Gasteiger charge is -2.12. The van der Waals surface area contributed by atoms with Crippen LogP contribution < -0.4 is 0 Å². The monoisotopic (exact) mass is 262 g/mol. The van der Waals surface area contributed by atoms with Crippen molar-refractivity contribution >= 4 is 0 Å². The highest BCUT2D eigenvalue weighted by atomic mass is 16.3. The van der Waals surface area contributed by atoms with Gasteiger partial charge in [-0.15, -0.1) is 0 Å². The quantitative estimate of drug-likeness (QED) is 0.717. The van der Waals surface area contributed by atoms with E-state index in [4.69, 9.17) is 0 Å². The fraction of sp³-hybridized carbons (Fsp3) is 0. The maximum atomic E-state index is 10.2. The smallest absolute Gasteiger partial charge is 0.124 e. The van der Waals surface area contributed by atoms with Crippen LogP contribution in [0.1, 0.15) is 0 Å². The van der Waals surface area contributed by atoms with Crippen molar-refractivity contribution in [2.75, 3.05) is 0 Å². The van der Waals surface area contributed by atoms with Gasteiger partial charge in [-0.3, -0.25) is 0 Å². The zero-order valence-electron chi connectivity index (χ0n) is 10.8. The second-order valence-electron chi connectivity index (χ2n) is 4.62. The van der Waals surface area contributed by atoms with Crippen molar-refractivity contribution in [2.45, 2.75) is 0 Å². The molecule has 0 amide bonds. The normalized spacial score (nSPS) is 10.4. The van der Waals surface area contributed by atoms with E-state index in [2.05, 4.69) is 0 Å². The van der Waals surface area contributed by atoms with Crippen molar-refractivity contribution in [1.82, 2.24) is 0 Å². The highest BCUT2D eigenvalue weighted by Crippen LogP contribution is 2.39. The van der Waals surface area contributed by atoms with Crippen LogP contribution in [0.2, 0.25) is 0 Å². The first-order valence-corrected chi connectivity index (χ1v) is 6.42. The van der Waals surface area contributed by atoms with Gasteiger partial charge in [0.05, 0.1) is 0 Å². The van der Waals surface area contributed by atoms with Gasteiger partial charge in [-0.1, -0.05) is 54.6 Å². The van der Waals surface area contributed by atoms with Gasteiger partial charge < -0.3 is 10.2 Å². The molecule has 0 aliphatic rings. The Kier molecular flexibility index (Phi) is 3.13. The van der Waals surface area contributed by atoms with E-state index < -0.39 is 0 Å². The van der Waals surface area contributed by atoms with Crippen molar-refractivity contribution < 1.29 is 10.2 Å². The summed E-state index contributed by atoms with van der Waals surface area (Å²) in [5, 5.41) is 19.9. The van der Waals surface area contributed by atoms with Gasteiger partial charge in [0.2, 0.25) is 0 Å². The molecule has 0 unspecified atom stereocenters. The van der Waals surface area contributed by atoms with Gasteiger partial charge in [0.15, 0.2) is 0 Å². The molecule has 0 saturated carbocycles. The lowest BCUT2D eigenvalue weighted by molar-refractivity contribution is 0.475. The van der Waals surface area contributed by atoms with Gasteiger partial charge in [0.25, 0.3) is 0 Å². The number of hydrogen-bond donors (Lipinski definition) is 2. The second kappa shape index (κ2) is 5.10. The molecule has 0 atom stereocenters. The van der Waals surface area contributed by atoms with Crippen LogP contribution in [0.5, 0.6) is 11.5 Å². The Labute approximate surface area is 117 Å². The summed E-state index contributed by atoms with van der Waals surface area (Å²) in [6.07, 6.45) is 0. The molecular formula is C18H14O2. The average Bonchev–Trinajstić information content (AvgIpc) is 2.48. The van der Waals surface area contributed by atoms with Crippen LogP contribution in [-0.4, -0.2) is 10.2 Å². The number of phenolic OH excluding ortho intramolecular Hbond substituents is 2. The zero-order chi connectivity index (χ0) is 13.9. The molecule has 0 bridgehead atoms. The van der Waals surface area contributed by atoms with Gasteiger partial charge in [-0.2, -0.15) is 0 Å². The van der Waals surface area contributed by atoms with Crippen LogP contribution in [0.4, 0.5) is 0 Å². The molecule has 0 heterocycles. The minimum atomic E-state index is 0.213. The third-order valence-electron chi connectivity index (χ3n) is 3.26. The van der Waals surface area contributed by atoms with Gasteiger partial charge in [-0.25, -0.2) is 0 Å². The van der Waals surface area contributed by atoms with Crippen LogP contribution in [0.15, 0.2) is 72.8 Å². The van der Waals surface area contributed by atoms with E-state index in [1.165, 1.54) is 0 Å². The molecule has 0 aliphatic carbocycles. The van der Waals surface area contributed by atoms with Crippen LogP contribution in [0.3, 0.4) is 0 Å². The highest BCUT2D eigenvalue weighted by molar-refractivity contribution is 5.87.